The molecule has 8 heteroatoms. The lowest BCUT2D eigenvalue weighted by atomic mass is 9.92. The Labute approximate surface area is 189 Å². The van der Waals surface area contributed by atoms with E-state index < -0.39 is 0 Å². The van der Waals surface area contributed by atoms with Gasteiger partial charge >= 0.3 is 0 Å². The third-order valence-corrected chi connectivity index (χ3v) is 7.30. The Morgan fingerprint density at radius 2 is 1.97 bits per heavy atom. The lowest BCUT2D eigenvalue weighted by molar-refractivity contribution is 0.0602. The van der Waals surface area contributed by atoms with Gasteiger partial charge in [0.1, 0.15) is 5.69 Å². The van der Waals surface area contributed by atoms with Crippen LogP contribution in [0.25, 0.3) is 10.6 Å². The monoisotopic (exact) mass is 448 g/mol. The molecule has 1 fully saturated rings. The van der Waals surface area contributed by atoms with E-state index in [1.165, 1.54) is 0 Å². The summed E-state index contributed by atoms with van der Waals surface area (Å²) in [5.74, 6) is -0.178. The fourth-order valence-electron chi connectivity index (χ4n) is 4.75. The Hall–Kier alpha value is -3.26. The van der Waals surface area contributed by atoms with Crippen molar-refractivity contribution in [1.29, 1.82) is 0 Å². The van der Waals surface area contributed by atoms with Gasteiger partial charge in [0.05, 0.1) is 22.0 Å². The molecule has 0 saturated carbocycles. The second-order valence-electron chi connectivity index (χ2n) is 8.56. The Morgan fingerprint density at radius 1 is 1.12 bits per heavy atom. The number of hydrogen-bond acceptors (Lipinski definition) is 5. The highest BCUT2D eigenvalue weighted by atomic mass is 32.1. The van der Waals surface area contributed by atoms with Gasteiger partial charge in [-0.3, -0.25) is 14.4 Å². The number of hydrogen-bond donors (Lipinski definition) is 0. The maximum absolute atomic E-state index is 13.3. The third-order valence-electron chi connectivity index (χ3n) is 6.41. The zero-order chi connectivity index (χ0) is 22.4. The zero-order valence-electron chi connectivity index (χ0n) is 18.0. The highest BCUT2D eigenvalue weighted by Crippen LogP contribution is 2.31. The van der Waals surface area contributed by atoms with Gasteiger partial charge in [-0.15, -0.1) is 11.3 Å². The number of fused-ring (bicyclic) bond motifs is 1. The molecule has 32 heavy (non-hydrogen) atoms. The van der Waals surface area contributed by atoms with Crippen LogP contribution in [-0.2, 0) is 6.54 Å². The van der Waals surface area contributed by atoms with Crippen LogP contribution in [0.5, 0.6) is 0 Å². The fraction of sp³-hybridized carbons (Fsp3) is 0.333. The minimum Gasteiger partial charge on any atom is -0.338 e. The first-order valence-electron chi connectivity index (χ1n) is 10.7. The van der Waals surface area contributed by atoms with Crippen LogP contribution in [0.1, 0.15) is 45.7 Å². The topological polar surface area (TPSA) is 75.5 Å². The molecule has 2 atom stereocenters. The zero-order valence-corrected chi connectivity index (χ0v) is 18.8. The van der Waals surface area contributed by atoms with E-state index in [4.69, 9.17) is 0 Å². The number of amides is 2. The quantitative estimate of drug-likeness (QED) is 0.616. The molecule has 5 rings (SSSR count). The molecule has 0 spiro atoms. The maximum Gasteiger partial charge on any atom is 0.267 e. The summed E-state index contributed by atoms with van der Waals surface area (Å²) in [5, 5.41) is 6.63. The Morgan fingerprint density at radius 3 is 2.72 bits per heavy atom. The minimum absolute atomic E-state index is 0.0478. The van der Waals surface area contributed by atoms with Crippen molar-refractivity contribution >= 4 is 23.2 Å². The predicted molar refractivity (Wildman–Crippen MR) is 123 cm³/mol. The van der Waals surface area contributed by atoms with Gasteiger partial charge in [0.15, 0.2) is 0 Å². The number of thiophene rings is 1. The number of piperidine rings is 1. The van der Waals surface area contributed by atoms with Crippen LogP contribution in [0.4, 0.5) is 0 Å². The summed E-state index contributed by atoms with van der Waals surface area (Å²) in [6.07, 6.45) is 0.635. The van der Waals surface area contributed by atoms with E-state index in [1.54, 1.807) is 51.1 Å². The first-order chi connectivity index (χ1) is 15.4. The largest absolute Gasteiger partial charge is 0.338 e. The summed E-state index contributed by atoms with van der Waals surface area (Å²) in [7, 11) is 1.75. The molecule has 2 aliphatic rings. The van der Waals surface area contributed by atoms with Gasteiger partial charge in [-0.2, -0.15) is 5.10 Å². The van der Waals surface area contributed by atoms with Crippen LogP contribution in [-0.4, -0.2) is 51.5 Å². The van der Waals surface area contributed by atoms with Crippen molar-refractivity contribution in [2.24, 2.45) is 5.92 Å². The lowest BCUT2D eigenvalue weighted by Crippen LogP contribution is -2.46. The molecular weight excluding hydrogens is 424 g/mol. The van der Waals surface area contributed by atoms with E-state index in [2.05, 4.69) is 5.10 Å². The Balaban J connectivity index is 1.38. The van der Waals surface area contributed by atoms with Crippen molar-refractivity contribution in [2.45, 2.75) is 25.9 Å². The molecule has 0 aliphatic carbocycles. The second-order valence-corrected chi connectivity index (χ2v) is 9.51. The van der Waals surface area contributed by atoms with Crippen LogP contribution in [0.15, 0.2) is 52.6 Å². The summed E-state index contributed by atoms with van der Waals surface area (Å²) in [5.41, 5.74) is 2.55. The molecule has 164 valence electrons. The summed E-state index contributed by atoms with van der Waals surface area (Å²) < 4.78 is 1.58. The van der Waals surface area contributed by atoms with Crippen molar-refractivity contribution in [2.75, 3.05) is 20.1 Å². The normalized spacial score (nSPS) is 20.5. The highest BCUT2D eigenvalue weighted by molar-refractivity contribution is 7.13. The number of carbonyl (C=O) groups is 2. The number of carbonyl (C=O) groups excluding carboxylic acids is 2. The fourth-order valence-corrected chi connectivity index (χ4v) is 5.44. The standard InChI is InChI=1S/C24H24N4O3S/c1-15-13-27(23(30)17-6-3-5-16-14-26(2)24(31)22(16)17)11-10-19(15)28-21(29)9-8-18(25-28)20-7-4-12-32-20/h3-9,12,15,19H,10-11,13-14H2,1-2H3/t15-,19+/m0/s1. The maximum atomic E-state index is 13.3. The van der Waals surface area contributed by atoms with E-state index in [-0.39, 0.29) is 29.3 Å². The summed E-state index contributed by atoms with van der Waals surface area (Å²) in [6, 6.07) is 12.7. The molecule has 0 radical (unpaired) electrons. The van der Waals surface area contributed by atoms with Gasteiger partial charge in [-0.25, -0.2) is 4.68 Å². The van der Waals surface area contributed by atoms with E-state index in [0.29, 0.717) is 37.2 Å². The number of aromatic nitrogens is 2. The molecule has 2 amide bonds. The summed E-state index contributed by atoms with van der Waals surface area (Å²) >= 11 is 1.59. The second kappa shape index (κ2) is 8.02. The smallest absolute Gasteiger partial charge is 0.267 e. The molecule has 2 aliphatic heterocycles. The Bertz CT molecular complexity index is 1250. The van der Waals surface area contributed by atoms with Gasteiger partial charge in [0.2, 0.25) is 0 Å². The van der Waals surface area contributed by atoms with E-state index in [0.717, 1.165) is 16.1 Å². The van der Waals surface area contributed by atoms with Crippen molar-refractivity contribution in [3.63, 3.8) is 0 Å². The molecule has 0 unspecified atom stereocenters. The number of nitrogens with zero attached hydrogens (tertiary/aromatic N) is 4. The number of rotatable bonds is 3. The van der Waals surface area contributed by atoms with Crippen LogP contribution in [0.2, 0.25) is 0 Å². The van der Waals surface area contributed by atoms with Crippen LogP contribution in [0, 0.1) is 5.92 Å². The van der Waals surface area contributed by atoms with Crippen molar-refractivity contribution in [1.82, 2.24) is 19.6 Å². The predicted octanol–water partition coefficient (Wildman–Crippen LogP) is 3.28. The first-order valence-corrected chi connectivity index (χ1v) is 11.6. The average Bonchev–Trinajstić information content (AvgIpc) is 3.42. The van der Waals surface area contributed by atoms with E-state index in [9.17, 15) is 14.4 Å². The molecule has 1 saturated heterocycles. The van der Waals surface area contributed by atoms with Gasteiger partial charge in [-0.05, 0) is 41.5 Å². The van der Waals surface area contributed by atoms with E-state index in [1.807, 2.05) is 36.6 Å². The molecular formula is C24H24N4O3S. The van der Waals surface area contributed by atoms with Gasteiger partial charge in [0.25, 0.3) is 17.4 Å². The highest BCUT2D eigenvalue weighted by Gasteiger charge is 2.35. The van der Waals surface area contributed by atoms with Crippen LogP contribution < -0.4 is 5.56 Å². The summed E-state index contributed by atoms with van der Waals surface area (Å²) in [4.78, 5) is 43.0. The molecule has 3 aromatic rings. The SMILES string of the molecule is C[C@H]1CN(C(=O)c2cccc3c2C(=O)N(C)C3)CC[C@H]1n1nc(-c2cccs2)ccc1=O. The minimum atomic E-state index is -0.128. The van der Waals surface area contributed by atoms with Crippen LogP contribution in [0.3, 0.4) is 0 Å². The number of likely N-dealkylation sites (tertiary alicyclic amines) is 1. The van der Waals surface area contributed by atoms with E-state index >= 15 is 0 Å². The molecule has 4 heterocycles. The van der Waals surface area contributed by atoms with Crippen molar-refractivity contribution in [3.8, 4) is 10.6 Å². The lowest BCUT2D eigenvalue weighted by Gasteiger charge is -2.37. The van der Waals surface area contributed by atoms with Gasteiger partial charge in [0, 0.05) is 32.7 Å². The van der Waals surface area contributed by atoms with Gasteiger partial charge in [-0.1, -0.05) is 25.1 Å². The molecule has 0 bridgehead atoms. The molecule has 2 aromatic heterocycles. The van der Waals surface area contributed by atoms with Gasteiger partial charge < -0.3 is 9.80 Å². The molecule has 0 N–H and O–H groups in total. The average molecular weight is 449 g/mol. The Kier molecular flexibility index (Phi) is 5.17. The molecule has 1 aromatic carbocycles. The number of benzene rings is 1. The van der Waals surface area contributed by atoms with Crippen LogP contribution >= 0.6 is 11.3 Å². The third kappa shape index (κ3) is 3.44. The first kappa shape index (κ1) is 20.6. The summed E-state index contributed by atoms with van der Waals surface area (Å²) in [6.45, 7) is 3.60. The van der Waals surface area contributed by atoms with Crippen molar-refractivity contribution in [3.05, 3.63) is 74.9 Å². The molecule has 7 nitrogen and oxygen atoms in total. The van der Waals surface area contributed by atoms with Crippen molar-refractivity contribution < 1.29 is 9.59 Å².